The van der Waals surface area contributed by atoms with Gasteiger partial charge in [-0.15, -0.1) is 0 Å². The monoisotopic (exact) mass is 462 g/mol. The summed E-state index contributed by atoms with van der Waals surface area (Å²) in [6, 6.07) is 0. The van der Waals surface area contributed by atoms with Crippen LogP contribution >= 0.6 is 0 Å². The minimum absolute atomic E-state index is 0.0127. The van der Waals surface area contributed by atoms with Crippen LogP contribution in [0.2, 0.25) is 0 Å². The van der Waals surface area contributed by atoms with Crippen LogP contribution in [0.15, 0.2) is 0 Å². The normalized spacial score (nSPS) is 46.1. The largest absolute Gasteiger partial charge is 0.463 e. The lowest BCUT2D eigenvalue weighted by Crippen LogP contribution is -2.58. The molecule has 0 radical (unpaired) electrons. The first kappa shape index (κ1) is 25.5. The fraction of sp³-hybridized carbons (Fsp3) is 0.966. The SMILES string of the molecule is CC(=O)O[C@H]1CC[C@@]2(C)[C@H](C1)C(O)C[C@@H]1[C@@H]2CC[C@]2(C)[C@@H]([C@H](C)CCCC(C)(C)O)CC[C@@H]12. The molecule has 33 heavy (non-hydrogen) atoms. The van der Waals surface area contributed by atoms with E-state index in [1.807, 2.05) is 13.8 Å². The lowest BCUT2D eigenvalue weighted by atomic mass is 9.43. The zero-order valence-electron chi connectivity index (χ0n) is 22.1. The molecule has 1 unspecified atom stereocenters. The first-order chi connectivity index (χ1) is 15.3. The lowest BCUT2D eigenvalue weighted by molar-refractivity contribution is -0.182. The number of rotatable bonds is 6. The van der Waals surface area contributed by atoms with Crippen molar-refractivity contribution in [2.24, 2.45) is 46.3 Å². The van der Waals surface area contributed by atoms with Gasteiger partial charge >= 0.3 is 5.97 Å². The van der Waals surface area contributed by atoms with Crippen LogP contribution in [0.4, 0.5) is 0 Å². The van der Waals surface area contributed by atoms with Crippen molar-refractivity contribution in [3.8, 4) is 0 Å². The molecule has 4 aliphatic carbocycles. The van der Waals surface area contributed by atoms with E-state index in [1.54, 1.807) is 0 Å². The van der Waals surface area contributed by atoms with Crippen molar-refractivity contribution >= 4 is 5.97 Å². The van der Waals surface area contributed by atoms with Gasteiger partial charge in [0.2, 0.25) is 0 Å². The third-order valence-corrected chi connectivity index (χ3v) is 11.2. The summed E-state index contributed by atoms with van der Waals surface area (Å²) in [5.74, 6) is 3.62. The summed E-state index contributed by atoms with van der Waals surface area (Å²) in [6.45, 7) is 12.8. The van der Waals surface area contributed by atoms with Crippen molar-refractivity contribution in [1.29, 1.82) is 0 Å². The molecule has 0 amide bonds. The summed E-state index contributed by atoms with van der Waals surface area (Å²) in [5.41, 5.74) is 0.0163. The number of hydrogen-bond acceptors (Lipinski definition) is 4. The number of ether oxygens (including phenoxy) is 1. The molecule has 2 N–H and O–H groups in total. The van der Waals surface area contributed by atoms with E-state index >= 15 is 0 Å². The minimum atomic E-state index is -0.557. The molecule has 10 atom stereocenters. The van der Waals surface area contributed by atoms with Crippen LogP contribution in [0.5, 0.6) is 0 Å². The molecule has 0 spiro atoms. The van der Waals surface area contributed by atoms with E-state index in [2.05, 4.69) is 20.8 Å². The summed E-state index contributed by atoms with van der Waals surface area (Å²) in [4.78, 5) is 11.5. The molecule has 0 aromatic rings. The van der Waals surface area contributed by atoms with E-state index in [9.17, 15) is 15.0 Å². The Morgan fingerprint density at radius 1 is 1.03 bits per heavy atom. The Labute approximate surface area is 202 Å². The molecule has 190 valence electrons. The van der Waals surface area contributed by atoms with Gasteiger partial charge in [0.25, 0.3) is 0 Å². The third kappa shape index (κ3) is 4.77. The second kappa shape index (κ2) is 9.12. The predicted octanol–water partition coefficient (Wildman–Crippen LogP) is 6.13. The maximum absolute atomic E-state index is 11.5. The van der Waals surface area contributed by atoms with Crippen molar-refractivity contribution in [1.82, 2.24) is 0 Å². The zero-order valence-corrected chi connectivity index (χ0v) is 22.1. The lowest BCUT2D eigenvalue weighted by Gasteiger charge is -2.62. The van der Waals surface area contributed by atoms with E-state index in [4.69, 9.17) is 4.74 Å². The van der Waals surface area contributed by atoms with Crippen LogP contribution in [-0.2, 0) is 9.53 Å². The van der Waals surface area contributed by atoms with Crippen LogP contribution < -0.4 is 0 Å². The van der Waals surface area contributed by atoms with Crippen LogP contribution in [-0.4, -0.2) is 34.0 Å². The summed E-state index contributed by atoms with van der Waals surface area (Å²) in [7, 11) is 0. The first-order valence-corrected chi connectivity index (χ1v) is 13.9. The average Bonchev–Trinajstić information content (AvgIpc) is 3.05. The van der Waals surface area contributed by atoms with Crippen molar-refractivity contribution in [2.75, 3.05) is 0 Å². The molecule has 4 aliphatic rings. The van der Waals surface area contributed by atoms with E-state index in [0.717, 1.165) is 50.4 Å². The highest BCUT2D eigenvalue weighted by Gasteiger charge is 2.62. The highest BCUT2D eigenvalue weighted by molar-refractivity contribution is 5.66. The molecular weight excluding hydrogens is 412 g/mol. The van der Waals surface area contributed by atoms with E-state index in [-0.39, 0.29) is 29.5 Å². The number of aliphatic hydroxyl groups is 2. The highest BCUT2D eigenvalue weighted by atomic mass is 16.5. The number of aliphatic hydroxyl groups excluding tert-OH is 1. The first-order valence-electron chi connectivity index (χ1n) is 13.9. The molecule has 4 heteroatoms. The molecule has 0 aromatic carbocycles. The molecule has 4 fully saturated rings. The molecule has 0 saturated heterocycles. The fourth-order valence-electron chi connectivity index (χ4n) is 9.64. The molecule has 4 nitrogen and oxygen atoms in total. The average molecular weight is 463 g/mol. The van der Waals surface area contributed by atoms with E-state index in [0.29, 0.717) is 23.2 Å². The second-order valence-corrected chi connectivity index (χ2v) is 13.7. The Hall–Kier alpha value is -0.610. The van der Waals surface area contributed by atoms with Gasteiger partial charge in [-0.05, 0) is 118 Å². The van der Waals surface area contributed by atoms with Gasteiger partial charge in [0.05, 0.1) is 11.7 Å². The summed E-state index contributed by atoms with van der Waals surface area (Å²) < 4.78 is 5.58. The van der Waals surface area contributed by atoms with Gasteiger partial charge in [-0.3, -0.25) is 4.79 Å². The maximum Gasteiger partial charge on any atom is 0.302 e. The van der Waals surface area contributed by atoms with Crippen molar-refractivity contribution < 1.29 is 19.7 Å². The zero-order chi connectivity index (χ0) is 24.2. The molecule has 0 bridgehead atoms. The quantitative estimate of drug-likeness (QED) is 0.466. The van der Waals surface area contributed by atoms with Gasteiger partial charge in [-0.25, -0.2) is 0 Å². The Bertz CT molecular complexity index is 713. The molecule has 0 aliphatic heterocycles. The maximum atomic E-state index is 11.5. The molecular formula is C29H50O4. The van der Waals surface area contributed by atoms with Gasteiger partial charge in [0.1, 0.15) is 6.10 Å². The molecule has 4 saturated carbocycles. The van der Waals surface area contributed by atoms with Crippen molar-refractivity contribution in [3.05, 3.63) is 0 Å². The smallest absolute Gasteiger partial charge is 0.302 e. The highest BCUT2D eigenvalue weighted by Crippen LogP contribution is 2.68. The number of carbonyl (C=O) groups excluding carboxylic acids is 1. The van der Waals surface area contributed by atoms with Crippen LogP contribution in [0.25, 0.3) is 0 Å². The van der Waals surface area contributed by atoms with Gasteiger partial charge in [-0.2, -0.15) is 0 Å². The fourth-order valence-corrected chi connectivity index (χ4v) is 9.64. The summed E-state index contributed by atoms with van der Waals surface area (Å²) in [5, 5.41) is 21.5. The van der Waals surface area contributed by atoms with Crippen molar-refractivity contribution in [3.63, 3.8) is 0 Å². The number of esters is 1. The van der Waals surface area contributed by atoms with Gasteiger partial charge in [0.15, 0.2) is 0 Å². The molecule has 4 rings (SSSR count). The topological polar surface area (TPSA) is 66.8 Å². The summed E-state index contributed by atoms with van der Waals surface area (Å²) in [6.07, 6.45) is 12.0. The van der Waals surface area contributed by atoms with Gasteiger partial charge in [-0.1, -0.05) is 33.6 Å². The van der Waals surface area contributed by atoms with Crippen LogP contribution in [0.1, 0.15) is 112 Å². The Morgan fingerprint density at radius 3 is 2.36 bits per heavy atom. The number of carbonyl (C=O) groups is 1. The number of fused-ring (bicyclic) bond motifs is 5. The third-order valence-electron chi connectivity index (χ3n) is 11.2. The van der Waals surface area contributed by atoms with Crippen LogP contribution in [0.3, 0.4) is 0 Å². The standard InChI is InChI=1S/C29H50O4/c1-18(8-7-13-27(3,4)32)22-9-10-23-21-17-26(31)25-16-20(33-19(2)30)11-14-29(25,6)24(21)12-15-28(22,23)5/h18,20-26,31-32H,7-17H2,1-6H3/t18-,20+,21+,22-,23+,24+,25-,26?,28-,29-/m1/s1. The molecule has 0 heterocycles. The Morgan fingerprint density at radius 2 is 1.70 bits per heavy atom. The molecule has 0 aromatic heterocycles. The minimum Gasteiger partial charge on any atom is -0.463 e. The van der Waals surface area contributed by atoms with E-state index < -0.39 is 5.60 Å². The Kier molecular flexibility index (Phi) is 7.04. The van der Waals surface area contributed by atoms with Gasteiger partial charge in [0, 0.05) is 6.92 Å². The summed E-state index contributed by atoms with van der Waals surface area (Å²) >= 11 is 0. The second-order valence-electron chi connectivity index (χ2n) is 13.7. The Balaban J connectivity index is 1.46. The van der Waals surface area contributed by atoms with Crippen LogP contribution in [0, 0.1) is 46.3 Å². The number of hydrogen-bond donors (Lipinski definition) is 2. The predicted molar refractivity (Wildman–Crippen MR) is 131 cm³/mol. The van der Waals surface area contributed by atoms with Gasteiger partial charge < -0.3 is 14.9 Å². The van der Waals surface area contributed by atoms with Crippen molar-refractivity contribution in [2.45, 2.75) is 130 Å². The van der Waals surface area contributed by atoms with E-state index in [1.165, 1.54) is 39.0 Å².